The van der Waals surface area contributed by atoms with Gasteiger partial charge in [0.1, 0.15) is 0 Å². The van der Waals surface area contributed by atoms with Crippen molar-refractivity contribution in [1.82, 2.24) is 14.5 Å². The maximum absolute atomic E-state index is 13.2. The monoisotopic (exact) mass is 414 g/mol. The largest absolute Gasteiger partial charge is 0.378 e. The van der Waals surface area contributed by atoms with Crippen molar-refractivity contribution >= 4 is 11.6 Å². The Balaban J connectivity index is 1.44. The predicted octanol–water partition coefficient (Wildman–Crippen LogP) is 3.24. The molecule has 4 heterocycles. The van der Waals surface area contributed by atoms with Crippen molar-refractivity contribution in [3.05, 3.63) is 82.5 Å². The van der Waals surface area contributed by atoms with Crippen LogP contribution in [0, 0.1) is 5.92 Å². The molecule has 1 saturated heterocycles. The molecule has 2 atom stereocenters. The third kappa shape index (κ3) is 3.63. The molecule has 2 aromatic heterocycles. The molecule has 0 spiro atoms. The number of rotatable bonds is 3. The zero-order valence-corrected chi connectivity index (χ0v) is 17.9. The first-order chi connectivity index (χ1) is 15.0. The number of hydrogen-bond acceptors (Lipinski definition) is 4. The number of anilines is 1. The molecule has 1 amide bonds. The number of hydrogen-bond donors (Lipinski definition) is 0. The van der Waals surface area contributed by atoms with Crippen LogP contribution in [0.2, 0.25) is 0 Å². The summed E-state index contributed by atoms with van der Waals surface area (Å²) in [5.41, 5.74) is 4.68. The second-order valence-corrected chi connectivity index (χ2v) is 8.81. The molecular weight excluding hydrogens is 388 g/mol. The van der Waals surface area contributed by atoms with E-state index in [4.69, 9.17) is 0 Å². The number of amides is 1. The van der Waals surface area contributed by atoms with Gasteiger partial charge in [-0.15, -0.1) is 0 Å². The number of likely N-dealkylation sites (tertiary alicyclic amines) is 1. The van der Waals surface area contributed by atoms with Crippen molar-refractivity contribution < 1.29 is 4.79 Å². The Morgan fingerprint density at radius 2 is 1.84 bits per heavy atom. The second kappa shape index (κ2) is 7.69. The molecular formula is C25H26N4O2. The van der Waals surface area contributed by atoms with E-state index in [9.17, 15) is 9.59 Å². The van der Waals surface area contributed by atoms with Crippen molar-refractivity contribution in [3.63, 3.8) is 0 Å². The van der Waals surface area contributed by atoms with Crippen LogP contribution in [0.25, 0.3) is 11.1 Å². The SMILES string of the molecule is CN(C)c1ccc(C(=O)N2C[C@@H]3C[C@H](C2)c2cc(-c4cccnc4)cc(=O)n2C3)cc1. The number of nitrogens with zero attached hydrogens (tertiary/aromatic N) is 4. The average Bonchev–Trinajstić information content (AvgIpc) is 2.79. The number of aromatic nitrogens is 2. The Kier molecular flexibility index (Phi) is 4.85. The highest BCUT2D eigenvalue weighted by atomic mass is 16.2. The third-order valence-corrected chi connectivity index (χ3v) is 6.47. The van der Waals surface area contributed by atoms with Crippen molar-refractivity contribution in [2.24, 2.45) is 5.92 Å². The lowest BCUT2D eigenvalue weighted by atomic mass is 9.82. The van der Waals surface area contributed by atoms with E-state index in [0.717, 1.165) is 28.9 Å². The highest BCUT2D eigenvalue weighted by Gasteiger charge is 2.36. The quantitative estimate of drug-likeness (QED) is 0.660. The van der Waals surface area contributed by atoms with Crippen LogP contribution >= 0.6 is 0 Å². The third-order valence-electron chi connectivity index (χ3n) is 6.47. The highest BCUT2D eigenvalue weighted by Crippen LogP contribution is 2.37. The Hall–Kier alpha value is -3.41. The van der Waals surface area contributed by atoms with Crippen LogP contribution in [0.1, 0.15) is 28.4 Å². The molecule has 0 unspecified atom stereocenters. The summed E-state index contributed by atoms with van der Waals surface area (Å²) >= 11 is 0. The summed E-state index contributed by atoms with van der Waals surface area (Å²) < 4.78 is 1.91. The predicted molar refractivity (Wildman–Crippen MR) is 121 cm³/mol. The Morgan fingerprint density at radius 3 is 2.55 bits per heavy atom. The van der Waals surface area contributed by atoms with Crippen molar-refractivity contribution in [2.75, 3.05) is 32.1 Å². The van der Waals surface area contributed by atoms with Crippen LogP contribution < -0.4 is 10.5 Å². The van der Waals surface area contributed by atoms with Crippen LogP contribution in [0.5, 0.6) is 0 Å². The van der Waals surface area contributed by atoms with E-state index in [1.807, 2.05) is 64.9 Å². The van der Waals surface area contributed by atoms with Gasteiger partial charge in [-0.1, -0.05) is 6.07 Å². The van der Waals surface area contributed by atoms with Crippen molar-refractivity contribution in [2.45, 2.75) is 18.9 Å². The van der Waals surface area contributed by atoms with Gasteiger partial charge in [0.15, 0.2) is 0 Å². The molecule has 31 heavy (non-hydrogen) atoms. The number of pyridine rings is 2. The summed E-state index contributed by atoms with van der Waals surface area (Å²) in [6.07, 6.45) is 4.53. The van der Waals surface area contributed by atoms with Gasteiger partial charge in [0.2, 0.25) is 0 Å². The van der Waals surface area contributed by atoms with Crippen LogP contribution in [0.4, 0.5) is 5.69 Å². The van der Waals surface area contributed by atoms with Gasteiger partial charge in [-0.25, -0.2) is 0 Å². The first-order valence-electron chi connectivity index (χ1n) is 10.7. The molecule has 0 radical (unpaired) electrons. The fraction of sp³-hybridized carbons (Fsp3) is 0.320. The molecule has 0 aliphatic carbocycles. The average molecular weight is 415 g/mol. The lowest BCUT2D eigenvalue weighted by Gasteiger charge is -2.43. The molecule has 2 aliphatic heterocycles. The molecule has 0 saturated carbocycles. The fourth-order valence-corrected chi connectivity index (χ4v) is 4.91. The second-order valence-electron chi connectivity index (χ2n) is 8.81. The van der Waals surface area contributed by atoms with Crippen LogP contribution in [0.3, 0.4) is 0 Å². The van der Waals surface area contributed by atoms with E-state index in [2.05, 4.69) is 11.1 Å². The molecule has 6 nitrogen and oxygen atoms in total. The van der Waals surface area contributed by atoms with E-state index in [1.54, 1.807) is 18.5 Å². The zero-order valence-electron chi connectivity index (χ0n) is 17.9. The fourth-order valence-electron chi connectivity index (χ4n) is 4.91. The van der Waals surface area contributed by atoms with E-state index in [-0.39, 0.29) is 17.4 Å². The Bertz CT molecular complexity index is 1170. The lowest BCUT2D eigenvalue weighted by molar-refractivity contribution is 0.0594. The van der Waals surface area contributed by atoms with E-state index < -0.39 is 0 Å². The van der Waals surface area contributed by atoms with Gasteiger partial charge in [0.05, 0.1) is 0 Å². The number of carbonyl (C=O) groups is 1. The standard InChI is InChI=1S/C25H26N4O2/c1-27(2)22-7-5-18(6-8-22)25(31)28-14-17-10-21(16-28)23-11-20(12-24(30)29(23)15-17)19-4-3-9-26-13-19/h3-9,11-13,17,21H,10,14-16H2,1-2H3/t17-,21+/m0/s1. The number of benzene rings is 1. The maximum atomic E-state index is 13.2. The van der Waals surface area contributed by atoms with Gasteiger partial charge in [0, 0.05) is 80.6 Å². The molecule has 0 N–H and O–H groups in total. The van der Waals surface area contributed by atoms with Gasteiger partial charge < -0.3 is 14.4 Å². The summed E-state index contributed by atoms with van der Waals surface area (Å²) in [6, 6.07) is 15.4. The summed E-state index contributed by atoms with van der Waals surface area (Å²) in [6.45, 7) is 2.00. The minimum atomic E-state index is 0.0325. The zero-order chi connectivity index (χ0) is 21.5. The Labute approximate surface area is 181 Å². The molecule has 2 aliphatic rings. The first kappa shape index (κ1) is 19.5. The lowest BCUT2D eigenvalue weighted by Crippen LogP contribution is -2.49. The minimum Gasteiger partial charge on any atom is -0.378 e. The van der Waals surface area contributed by atoms with E-state index >= 15 is 0 Å². The van der Waals surface area contributed by atoms with Crippen molar-refractivity contribution in [3.8, 4) is 11.1 Å². The molecule has 2 bridgehead atoms. The number of carbonyl (C=O) groups excluding carboxylic acids is 1. The minimum absolute atomic E-state index is 0.0325. The van der Waals surface area contributed by atoms with Gasteiger partial charge in [-0.2, -0.15) is 0 Å². The smallest absolute Gasteiger partial charge is 0.253 e. The van der Waals surface area contributed by atoms with Gasteiger partial charge in [-0.3, -0.25) is 14.6 Å². The van der Waals surface area contributed by atoms with Crippen molar-refractivity contribution in [1.29, 1.82) is 0 Å². The van der Waals surface area contributed by atoms with Gasteiger partial charge >= 0.3 is 0 Å². The summed E-state index contributed by atoms with van der Waals surface area (Å²) in [5.74, 6) is 0.541. The van der Waals surface area contributed by atoms with Crippen LogP contribution in [-0.4, -0.2) is 47.5 Å². The van der Waals surface area contributed by atoms with Gasteiger partial charge in [0.25, 0.3) is 11.5 Å². The van der Waals surface area contributed by atoms with Crippen LogP contribution in [0.15, 0.2) is 65.7 Å². The van der Waals surface area contributed by atoms with Crippen LogP contribution in [-0.2, 0) is 6.54 Å². The number of fused-ring (bicyclic) bond motifs is 4. The summed E-state index contributed by atoms with van der Waals surface area (Å²) in [5, 5.41) is 0. The molecule has 1 aromatic carbocycles. The topological polar surface area (TPSA) is 58.4 Å². The molecule has 6 heteroatoms. The first-order valence-corrected chi connectivity index (χ1v) is 10.7. The molecule has 3 aromatic rings. The summed E-state index contributed by atoms with van der Waals surface area (Å²) in [7, 11) is 3.98. The van der Waals surface area contributed by atoms with Gasteiger partial charge in [-0.05, 0) is 54.3 Å². The summed E-state index contributed by atoms with van der Waals surface area (Å²) in [4.78, 5) is 34.3. The number of piperidine rings is 1. The Morgan fingerprint density at radius 1 is 1.03 bits per heavy atom. The normalized spacial score (nSPS) is 19.6. The van der Waals surface area contributed by atoms with E-state index in [1.165, 1.54) is 0 Å². The van der Waals surface area contributed by atoms with E-state index in [0.29, 0.717) is 31.1 Å². The maximum Gasteiger partial charge on any atom is 0.253 e. The highest BCUT2D eigenvalue weighted by molar-refractivity contribution is 5.94. The molecule has 1 fully saturated rings. The molecule has 5 rings (SSSR count). The molecule has 158 valence electrons.